The van der Waals surface area contributed by atoms with Crippen molar-refractivity contribution < 1.29 is 22.9 Å². The summed E-state index contributed by atoms with van der Waals surface area (Å²) < 4.78 is 37.8. The highest BCUT2D eigenvalue weighted by Gasteiger charge is 2.34. The molecule has 1 aliphatic carbocycles. The van der Waals surface area contributed by atoms with E-state index in [4.69, 9.17) is 0 Å². The molecule has 0 aliphatic heterocycles. The molecular weight excluding hydrogens is 367 g/mol. The zero-order valence-corrected chi connectivity index (χ0v) is 14.0. The number of amides is 1. The van der Waals surface area contributed by atoms with Gasteiger partial charge in [-0.25, -0.2) is 0 Å². The van der Waals surface area contributed by atoms with E-state index in [-0.39, 0.29) is 5.69 Å². The number of aromatic amines is 1. The van der Waals surface area contributed by atoms with Crippen LogP contribution in [0.4, 0.5) is 18.9 Å². The topological polar surface area (TPSA) is 105 Å². The first-order chi connectivity index (χ1) is 12.6. The minimum atomic E-state index is -4.73. The molecule has 10 heteroatoms. The van der Waals surface area contributed by atoms with E-state index in [9.17, 15) is 32.9 Å². The number of nitro benzene ring substituents is 1. The molecule has 0 saturated carbocycles. The van der Waals surface area contributed by atoms with E-state index in [0.29, 0.717) is 35.6 Å². The number of carbonyl (C=O) groups is 1. The Morgan fingerprint density at radius 1 is 1.30 bits per heavy atom. The molecule has 1 aliphatic rings. The number of aryl methyl sites for hydroxylation is 1. The summed E-state index contributed by atoms with van der Waals surface area (Å²) in [5.74, 6) is -0.842. The summed E-state index contributed by atoms with van der Waals surface area (Å²) in [6.07, 6.45) is -3.96. The van der Waals surface area contributed by atoms with Crippen LogP contribution in [-0.4, -0.2) is 15.8 Å². The van der Waals surface area contributed by atoms with Gasteiger partial charge in [0.2, 0.25) is 0 Å². The van der Waals surface area contributed by atoms with Crippen LogP contribution in [0.1, 0.15) is 45.2 Å². The predicted molar refractivity (Wildman–Crippen MR) is 88.4 cm³/mol. The number of benzene rings is 1. The highest BCUT2D eigenvalue weighted by molar-refractivity contribution is 5.94. The number of alkyl halides is 3. The Balaban J connectivity index is 1.87. The maximum Gasteiger partial charge on any atom is 0.431 e. The number of halogens is 3. The van der Waals surface area contributed by atoms with Crippen molar-refractivity contribution in [3.8, 4) is 0 Å². The number of aromatic nitrogens is 1. The number of pyridine rings is 1. The fourth-order valence-electron chi connectivity index (χ4n) is 3.26. The molecule has 0 radical (unpaired) electrons. The second-order valence-electron chi connectivity index (χ2n) is 6.23. The largest absolute Gasteiger partial charge is 0.431 e. The molecule has 142 valence electrons. The molecule has 3 rings (SSSR count). The smallest absolute Gasteiger partial charge is 0.345 e. The van der Waals surface area contributed by atoms with Gasteiger partial charge in [0.25, 0.3) is 17.2 Å². The third kappa shape index (κ3) is 3.42. The van der Waals surface area contributed by atoms with Crippen LogP contribution in [0, 0.1) is 17.0 Å². The molecule has 1 aromatic heterocycles. The third-order valence-electron chi connectivity index (χ3n) is 4.53. The first-order valence-electron chi connectivity index (χ1n) is 7.97. The molecule has 2 N–H and O–H groups in total. The van der Waals surface area contributed by atoms with E-state index in [2.05, 4.69) is 5.32 Å². The van der Waals surface area contributed by atoms with E-state index >= 15 is 0 Å². The highest BCUT2D eigenvalue weighted by atomic mass is 19.4. The predicted octanol–water partition coefficient (Wildman–Crippen LogP) is 3.03. The Morgan fingerprint density at radius 2 is 2.00 bits per heavy atom. The summed E-state index contributed by atoms with van der Waals surface area (Å²) in [7, 11) is 0. The number of nitrogens with zero attached hydrogens (tertiary/aromatic N) is 1. The van der Waals surface area contributed by atoms with Crippen LogP contribution in [0.3, 0.4) is 0 Å². The van der Waals surface area contributed by atoms with Crippen molar-refractivity contribution in [1.82, 2.24) is 10.3 Å². The van der Waals surface area contributed by atoms with E-state index in [1.54, 1.807) is 24.0 Å². The Labute approximate surface area is 150 Å². The number of hydrogen-bond donors (Lipinski definition) is 2. The van der Waals surface area contributed by atoms with Crippen molar-refractivity contribution in [2.24, 2.45) is 0 Å². The Morgan fingerprint density at radius 3 is 2.59 bits per heavy atom. The second-order valence-corrected chi connectivity index (χ2v) is 6.23. The number of H-pyrrole nitrogens is 1. The van der Waals surface area contributed by atoms with Gasteiger partial charge in [-0.3, -0.25) is 19.7 Å². The number of rotatable bonds is 3. The average molecular weight is 381 g/mol. The van der Waals surface area contributed by atoms with E-state index in [0.717, 1.165) is 6.07 Å². The quantitative estimate of drug-likeness (QED) is 0.630. The minimum absolute atomic E-state index is 0.00312. The van der Waals surface area contributed by atoms with Crippen molar-refractivity contribution in [1.29, 1.82) is 0 Å². The lowest BCUT2D eigenvalue weighted by Gasteiger charge is -2.14. The fraction of sp³-hybridized carbons (Fsp3) is 0.294. The molecule has 0 spiro atoms. The summed E-state index contributed by atoms with van der Waals surface area (Å²) in [6, 6.07) is 4.12. The molecule has 1 unspecified atom stereocenters. The van der Waals surface area contributed by atoms with Gasteiger partial charge in [-0.1, -0.05) is 12.1 Å². The molecule has 1 atom stereocenters. The first kappa shape index (κ1) is 18.6. The van der Waals surface area contributed by atoms with Crippen LogP contribution in [0.25, 0.3) is 0 Å². The zero-order chi connectivity index (χ0) is 19.9. The van der Waals surface area contributed by atoms with Gasteiger partial charge in [0.05, 0.1) is 11.0 Å². The average Bonchev–Trinajstić information content (AvgIpc) is 2.95. The minimum Gasteiger partial charge on any atom is -0.345 e. The Bertz CT molecular complexity index is 998. The molecule has 7 nitrogen and oxygen atoms in total. The van der Waals surface area contributed by atoms with Crippen molar-refractivity contribution in [2.75, 3.05) is 0 Å². The molecule has 2 aromatic rings. The van der Waals surface area contributed by atoms with Gasteiger partial charge in [0, 0.05) is 11.1 Å². The number of carbonyl (C=O) groups excluding carboxylic acids is 1. The molecule has 1 amide bonds. The van der Waals surface area contributed by atoms with Crippen molar-refractivity contribution in [3.05, 3.63) is 72.7 Å². The lowest BCUT2D eigenvalue weighted by Crippen LogP contribution is -2.32. The molecule has 1 aromatic carbocycles. The van der Waals surface area contributed by atoms with Gasteiger partial charge in [-0.05, 0) is 37.5 Å². The lowest BCUT2D eigenvalue weighted by molar-refractivity contribution is -0.386. The van der Waals surface area contributed by atoms with E-state index < -0.39 is 39.9 Å². The molecule has 0 fully saturated rings. The SMILES string of the molecule is Cc1ccc2c(c1[N+](=O)[O-])CCC2NC(=O)c1ccc(C(F)(F)F)[nH]c1=O. The molecule has 0 bridgehead atoms. The normalized spacial score (nSPS) is 16.1. The van der Waals surface area contributed by atoms with Gasteiger partial charge in [-0.15, -0.1) is 0 Å². The Hall–Kier alpha value is -3.17. The fourth-order valence-corrected chi connectivity index (χ4v) is 3.26. The van der Waals surface area contributed by atoms with Gasteiger partial charge >= 0.3 is 6.18 Å². The van der Waals surface area contributed by atoms with Crippen molar-refractivity contribution in [3.63, 3.8) is 0 Å². The van der Waals surface area contributed by atoms with Crippen LogP contribution in [0.15, 0.2) is 29.1 Å². The first-order valence-corrected chi connectivity index (χ1v) is 7.97. The van der Waals surface area contributed by atoms with E-state index in [1.807, 2.05) is 0 Å². The van der Waals surface area contributed by atoms with Crippen LogP contribution in [0.2, 0.25) is 0 Å². The van der Waals surface area contributed by atoms with Crippen molar-refractivity contribution in [2.45, 2.75) is 32.0 Å². The second kappa shape index (κ2) is 6.53. The molecule has 27 heavy (non-hydrogen) atoms. The van der Waals surface area contributed by atoms with Gasteiger partial charge < -0.3 is 10.3 Å². The van der Waals surface area contributed by atoms with Crippen LogP contribution in [0.5, 0.6) is 0 Å². The van der Waals surface area contributed by atoms with Gasteiger partial charge in [0.1, 0.15) is 11.3 Å². The maximum absolute atomic E-state index is 12.6. The maximum atomic E-state index is 12.6. The summed E-state index contributed by atoms with van der Waals surface area (Å²) >= 11 is 0. The monoisotopic (exact) mass is 381 g/mol. The molecule has 1 heterocycles. The summed E-state index contributed by atoms with van der Waals surface area (Å²) in [5.41, 5.74) is -1.27. The van der Waals surface area contributed by atoms with Gasteiger partial charge in [-0.2, -0.15) is 13.2 Å². The van der Waals surface area contributed by atoms with Gasteiger partial charge in [0.15, 0.2) is 0 Å². The Kier molecular flexibility index (Phi) is 4.50. The summed E-state index contributed by atoms with van der Waals surface area (Å²) in [4.78, 5) is 36.6. The number of fused-ring (bicyclic) bond motifs is 1. The van der Waals surface area contributed by atoms with Crippen LogP contribution >= 0.6 is 0 Å². The van der Waals surface area contributed by atoms with Crippen molar-refractivity contribution >= 4 is 11.6 Å². The zero-order valence-electron chi connectivity index (χ0n) is 14.0. The van der Waals surface area contributed by atoms with Crippen LogP contribution < -0.4 is 10.9 Å². The number of hydrogen-bond acceptors (Lipinski definition) is 4. The highest BCUT2D eigenvalue weighted by Crippen LogP contribution is 2.38. The molecule has 0 saturated heterocycles. The van der Waals surface area contributed by atoms with Crippen LogP contribution in [-0.2, 0) is 12.6 Å². The lowest BCUT2D eigenvalue weighted by atomic mass is 10.0. The molecular formula is C17H14F3N3O4. The van der Waals surface area contributed by atoms with E-state index in [1.165, 1.54) is 0 Å². The number of nitro groups is 1. The standard InChI is InChI=1S/C17H14F3N3O4/c1-8-2-3-9-10(14(8)23(26)27)4-6-12(9)21-15(24)11-5-7-13(17(18,19)20)22-16(11)25/h2-3,5,7,12H,4,6H2,1H3,(H,21,24)(H,22,25). The third-order valence-corrected chi connectivity index (χ3v) is 4.53. The summed E-state index contributed by atoms with van der Waals surface area (Å²) in [5, 5.41) is 13.8. The number of nitrogens with one attached hydrogen (secondary N) is 2. The summed E-state index contributed by atoms with van der Waals surface area (Å²) in [6.45, 7) is 1.62.